The minimum Gasteiger partial charge on any atom is -0.418 e. The second-order valence-electron chi connectivity index (χ2n) is 4.02. The normalized spacial score (nSPS) is 19.5. The monoisotopic (exact) mass is 261 g/mol. The molecule has 7 heteroatoms. The highest BCUT2D eigenvalue weighted by atomic mass is 19.5. The molecule has 0 spiro atoms. The molecule has 0 aromatic heterocycles. The number of rotatable bonds is 1. The Kier molecular flexibility index (Phi) is 4.75. The van der Waals surface area contributed by atoms with Crippen molar-refractivity contribution in [1.82, 2.24) is 4.90 Å². The van der Waals surface area contributed by atoms with E-state index in [4.69, 9.17) is 5.41 Å². The summed E-state index contributed by atoms with van der Waals surface area (Å²) in [5, 5.41) is 7.66. The summed E-state index contributed by atoms with van der Waals surface area (Å²) in [6, 6.07) is 10.9. The van der Waals surface area contributed by atoms with E-state index in [1.807, 2.05) is 13.1 Å². The third-order valence-corrected chi connectivity index (χ3v) is 2.73. The van der Waals surface area contributed by atoms with Gasteiger partial charge in [-0.2, -0.15) is 0 Å². The molecule has 1 atom stereocenters. The molecule has 0 bridgehead atoms. The fourth-order valence-corrected chi connectivity index (χ4v) is 1.90. The molecule has 1 fully saturated rings. The highest BCUT2D eigenvalue weighted by Gasteiger charge is 2.25. The van der Waals surface area contributed by atoms with Gasteiger partial charge in [0, 0.05) is 13.5 Å². The van der Waals surface area contributed by atoms with E-state index in [-0.39, 0.29) is 0 Å². The lowest BCUT2D eigenvalue weighted by Crippen LogP contribution is -2.21. The van der Waals surface area contributed by atoms with Gasteiger partial charge in [-0.25, -0.2) is 0 Å². The number of benzene rings is 1. The van der Waals surface area contributed by atoms with E-state index in [1.165, 1.54) is 5.56 Å². The molecule has 1 aliphatic rings. The summed E-state index contributed by atoms with van der Waals surface area (Å²) >= 11 is 0. The Morgan fingerprint density at radius 1 is 1.17 bits per heavy atom. The van der Waals surface area contributed by atoms with Crippen molar-refractivity contribution >= 4 is 13.1 Å². The predicted molar refractivity (Wildman–Crippen MR) is 64.1 cm³/mol. The highest BCUT2D eigenvalue weighted by Crippen LogP contribution is 2.30. The smallest absolute Gasteiger partial charge is 0.418 e. The molecule has 0 amide bonds. The molecule has 1 aromatic rings. The lowest BCUT2D eigenvalue weighted by molar-refractivity contribution is 0.368. The lowest BCUT2D eigenvalue weighted by Gasteiger charge is -2.21. The number of nitrogens with one attached hydrogen (secondary N) is 1. The Hall–Kier alpha value is -1.53. The van der Waals surface area contributed by atoms with E-state index in [0.29, 0.717) is 6.04 Å². The molecule has 1 unspecified atom stereocenters. The second kappa shape index (κ2) is 5.88. The molecular formula is C11H14BF4N2-. The molecule has 1 aromatic carbocycles. The summed E-state index contributed by atoms with van der Waals surface area (Å²) < 4.78 is 39.0. The molecule has 18 heavy (non-hydrogen) atoms. The zero-order chi connectivity index (χ0) is 13.8. The van der Waals surface area contributed by atoms with Gasteiger partial charge in [0.25, 0.3) is 0 Å². The molecule has 2 rings (SSSR count). The van der Waals surface area contributed by atoms with Crippen LogP contribution in [0, 0.1) is 5.41 Å². The van der Waals surface area contributed by atoms with Crippen LogP contribution in [0.15, 0.2) is 30.3 Å². The zero-order valence-corrected chi connectivity index (χ0v) is 9.91. The van der Waals surface area contributed by atoms with E-state index in [1.54, 1.807) is 0 Å². The Labute approximate surface area is 103 Å². The molecule has 1 saturated heterocycles. The van der Waals surface area contributed by atoms with Crippen LogP contribution >= 0.6 is 0 Å². The number of hydrogen-bond donors (Lipinski definition) is 1. The van der Waals surface area contributed by atoms with Crippen LogP contribution in [0.1, 0.15) is 24.4 Å². The quantitative estimate of drug-likeness (QED) is 0.605. The molecule has 1 aliphatic heterocycles. The van der Waals surface area contributed by atoms with E-state index in [2.05, 4.69) is 29.2 Å². The topological polar surface area (TPSA) is 27.1 Å². The van der Waals surface area contributed by atoms with Crippen LogP contribution in [0.3, 0.4) is 0 Å². The Bertz CT molecular complexity index is 388. The van der Waals surface area contributed by atoms with Crippen molar-refractivity contribution in [2.24, 2.45) is 0 Å². The SMILES string of the molecule is CN1C(=N)CCC1c1ccccc1.F[B-](F)(F)F. The van der Waals surface area contributed by atoms with Crippen LogP contribution in [0.5, 0.6) is 0 Å². The summed E-state index contributed by atoms with van der Waals surface area (Å²) in [5.41, 5.74) is 1.33. The predicted octanol–water partition coefficient (Wildman–Crippen LogP) is 3.73. The summed E-state index contributed by atoms with van der Waals surface area (Å²) in [5.74, 6) is 0.758. The summed E-state index contributed by atoms with van der Waals surface area (Å²) in [7, 11) is -3.99. The van der Waals surface area contributed by atoms with Gasteiger partial charge in [-0.1, -0.05) is 30.3 Å². The first kappa shape index (κ1) is 14.5. The van der Waals surface area contributed by atoms with Gasteiger partial charge in [-0.05, 0) is 12.0 Å². The van der Waals surface area contributed by atoms with E-state index >= 15 is 0 Å². The summed E-state index contributed by atoms with van der Waals surface area (Å²) in [6.07, 6.45) is 2.00. The maximum absolute atomic E-state index is 9.75. The van der Waals surface area contributed by atoms with E-state index in [0.717, 1.165) is 18.7 Å². The van der Waals surface area contributed by atoms with Crippen LogP contribution < -0.4 is 0 Å². The van der Waals surface area contributed by atoms with Gasteiger partial charge in [-0.15, -0.1) is 0 Å². The molecule has 0 radical (unpaired) electrons. The molecule has 0 saturated carbocycles. The van der Waals surface area contributed by atoms with E-state index < -0.39 is 7.25 Å². The summed E-state index contributed by atoms with van der Waals surface area (Å²) in [4.78, 5) is 2.06. The van der Waals surface area contributed by atoms with Crippen LogP contribution in [-0.4, -0.2) is 25.0 Å². The number of likely N-dealkylation sites (tertiary alicyclic amines) is 1. The maximum atomic E-state index is 9.75. The first-order valence-corrected chi connectivity index (χ1v) is 5.51. The van der Waals surface area contributed by atoms with Crippen molar-refractivity contribution in [1.29, 1.82) is 5.41 Å². The van der Waals surface area contributed by atoms with Crippen molar-refractivity contribution < 1.29 is 17.3 Å². The number of amidine groups is 1. The Balaban J connectivity index is 0.000000280. The number of hydrogen-bond acceptors (Lipinski definition) is 1. The van der Waals surface area contributed by atoms with Gasteiger partial charge in [-0.3, -0.25) is 5.41 Å². The molecular weight excluding hydrogens is 247 g/mol. The molecule has 1 heterocycles. The molecule has 2 nitrogen and oxygen atoms in total. The van der Waals surface area contributed by atoms with Crippen molar-refractivity contribution in [2.75, 3.05) is 7.05 Å². The van der Waals surface area contributed by atoms with Gasteiger partial charge in [0.05, 0.1) is 11.9 Å². The Morgan fingerprint density at radius 3 is 2.06 bits per heavy atom. The van der Waals surface area contributed by atoms with Gasteiger partial charge in [0.2, 0.25) is 0 Å². The van der Waals surface area contributed by atoms with Crippen molar-refractivity contribution in [3.05, 3.63) is 35.9 Å². The largest absolute Gasteiger partial charge is 0.673 e. The van der Waals surface area contributed by atoms with Gasteiger partial charge < -0.3 is 22.2 Å². The van der Waals surface area contributed by atoms with Crippen LogP contribution in [0.4, 0.5) is 17.3 Å². The number of halogens is 4. The average Bonchev–Trinajstić information content (AvgIpc) is 2.59. The Morgan fingerprint density at radius 2 is 1.67 bits per heavy atom. The summed E-state index contributed by atoms with van der Waals surface area (Å²) in [6.45, 7) is 0. The van der Waals surface area contributed by atoms with Crippen LogP contribution in [-0.2, 0) is 0 Å². The van der Waals surface area contributed by atoms with Crippen molar-refractivity contribution in [3.63, 3.8) is 0 Å². The molecule has 0 aliphatic carbocycles. The fraction of sp³-hybridized carbons (Fsp3) is 0.364. The standard InChI is InChI=1S/C11H14N2.BF4/c1-13-10(7-8-11(13)12)9-5-3-2-4-6-9;2-1(3,4)5/h2-6,10,12H,7-8H2,1H3;/q;-1. The number of nitrogens with zero attached hydrogens (tertiary/aromatic N) is 1. The van der Waals surface area contributed by atoms with Crippen molar-refractivity contribution in [2.45, 2.75) is 18.9 Å². The lowest BCUT2D eigenvalue weighted by atomic mass is 10.1. The van der Waals surface area contributed by atoms with E-state index in [9.17, 15) is 17.3 Å². The average molecular weight is 261 g/mol. The molecule has 100 valence electrons. The first-order chi connectivity index (χ1) is 8.29. The second-order valence-corrected chi connectivity index (χ2v) is 4.02. The minimum atomic E-state index is -6.00. The van der Waals surface area contributed by atoms with Gasteiger partial charge in [0.15, 0.2) is 0 Å². The highest BCUT2D eigenvalue weighted by molar-refractivity contribution is 6.50. The zero-order valence-electron chi connectivity index (χ0n) is 9.91. The third kappa shape index (κ3) is 4.77. The third-order valence-electron chi connectivity index (χ3n) is 2.73. The first-order valence-electron chi connectivity index (χ1n) is 5.51. The maximum Gasteiger partial charge on any atom is 0.673 e. The van der Waals surface area contributed by atoms with Gasteiger partial charge in [0.1, 0.15) is 0 Å². The van der Waals surface area contributed by atoms with Crippen LogP contribution in [0.2, 0.25) is 0 Å². The fourth-order valence-electron chi connectivity index (χ4n) is 1.90. The van der Waals surface area contributed by atoms with Crippen molar-refractivity contribution in [3.8, 4) is 0 Å². The minimum absolute atomic E-state index is 0.425. The van der Waals surface area contributed by atoms with Gasteiger partial charge >= 0.3 is 7.25 Å². The molecule has 1 N–H and O–H groups in total. The van der Waals surface area contributed by atoms with Crippen LogP contribution in [0.25, 0.3) is 0 Å².